The summed E-state index contributed by atoms with van der Waals surface area (Å²) in [5, 5.41) is 26.6. The van der Waals surface area contributed by atoms with Crippen molar-refractivity contribution in [3.63, 3.8) is 0 Å². The van der Waals surface area contributed by atoms with Crippen LogP contribution in [0.2, 0.25) is 0 Å². The van der Waals surface area contributed by atoms with E-state index in [4.69, 9.17) is 22.9 Å². The Bertz CT molecular complexity index is 955. The molecule has 0 aliphatic heterocycles. The summed E-state index contributed by atoms with van der Waals surface area (Å²) in [4.78, 5) is 54.4. The molecule has 0 spiro atoms. The van der Waals surface area contributed by atoms with E-state index in [2.05, 4.69) is 20.9 Å². The number of amides is 3. The fraction of sp³-hybridized carbons (Fsp3) is 0.560. The minimum Gasteiger partial charge on any atom is -0.480 e. The Labute approximate surface area is 228 Å². The van der Waals surface area contributed by atoms with E-state index in [1.54, 1.807) is 24.3 Å². The van der Waals surface area contributed by atoms with E-state index < -0.39 is 54.0 Å². The van der Waals surface area contributed by atoms with Gasteiger partial charge in [0.25, 0.3) is 0 Å². The number of aliphatic hydroxyl groups excluding tert-OH is 1. The molecule has 5 atom stereocenters. The number of hydrogen-bond acceptors (Lipinski definition) is 8. The topological polar surface area (TPSA) is 261 Å². The quantitative estimate of drug-likeness (QED) is 0.0534. The lowest BCUT2D eigenvalue weighted by Gasteiger charge is -2.26. The van der Waals surface area contributed by atoms with Crippen molar-refractivity contribution in [2.75, 3.05) is 13.1 Å². The number of aliphatic imine (C=N–C) groups is 1. The third-order valence-electron chi connectivity index (χ3n) is 5.85. The number of carboxylic acid groups (broad SMARTS) is 1. The summed E-state index contributed by atoms with van der Waals surface area (Å²) >= 11 is 0. The average molecular weight is 551 g/mol. The van der Waals surface area contributed by atoms with Gasteiger partial charge in [-0.3, -0.25) is 19.4 Å². The summed E-state index contributed by atoms with van der Waals surface area (Å²) in [6, 6.07) is 4.23. The summed E-state index contributed by atoms with van der Waals surface area (Å²) in [5.74, 6) is -3.50. The van der Waals surface area contributed by atoms with E-state index in [0.717, 1.165) is 5.56 Å². The first-order chi connectivity index (χ1) is 18.5. The fourth-order valence-electron chi connectivity index (χ4n) is 3.66. The van der Waals surface area contributed by atoms with Gasteiger partial charge in [0, 0.05) is 13.0 Å². The second-order valence-electron chi connectivity index (χ2n) is 9.22. The van der Waals surface area contributed by atoms with Gasteiger partial charge in [-0.05, 0) is 51.1 Å². The zero-order chi connectivity index (χ0) is 29.4. The number of hydrogen-bond donors (Lipinski definition) is 9. The van der Waals surface area contributed by atoms with E-state index in [0.29, 0.717) is 32.4 Å². The van der Waals surface area contributed by atoms with Crippen molar-refractivity contribution in [3.8, 4) is 0 Å². The molecule has 1 aromatic rings. The third-order valence-corrected chi connectivity index (χ3v) is 5.85. The number of carboxylic acids is 1. The van der Waals surface area contributed by atoms with Gasteiger partial charge in [0.05, 0.1) is 12.1 Å². The molecule has 0 aliphatic rings. The molecule has 0 fully saturated rings. The van der Waals surface area contributed by atoms with Crippen LogP contribution < -0.4 is 38.9 Å². The number of benzene rings is 1. The maximum absolute atomic E-state index is 13.4. The van der Waals surface area contributed by atoms with Crippen LogP contribution in [0.3, 0.4) is 0 Å². The van der Waals surface area contributed by atoms with Crippen molar-refractivity contribution in [3.05, 3.63) is 35.9 Å². The van der Waals surface area contributed by atoms with E-state index in [-0.39, 0.29) is 25.2 Å². The van der Waals surface area contributed by atoms with Crippen LogP contribution in [0.1, 0.15) is 44.6 Å². The number of aliphatic hydroxyl groups is 1. The van der Waals surface area contributed by atoms with Crippen LogP contribution in [0.5, 0.6) is 0 Å². The van der Waals surface area contributed by atoms with Gasteiger partial charge in [-0.25, -0.2) is 4.79 Å². The lowest BCUT2D eigenvalue weighted by Crippen LogP contribution is -2.58. The number of carbonyl (C=O) groups is 4. The van der Waals surface area contributed by atoms with Crippen LogP contribution in [-0.4, -0.2) is 83.2 Å². The zero-order valence-electron chi connectivity index (χ0n) is 22.2. The number of rotatable bonds is 18. The van der Waals surface area contributed by atoms with E-state index in [1.165, 1.54) is 6.92 Å². The molecule has 13 N–H and O–H groups in total. The number of nitrogens with two attached hydrogens (primary N) is 4. The van der Waals surface area contributed by atoms with Gasteiger partial charge in [-0.2, -0.15) is 0 Å². The van der Waals surface area contributed by atoms with E-state index >= 15 is 0 Å². The van der Waals surface area contributed by atoms with Crippen molar-refractivity contribution >= 4 is 29.7 Å². The zero-order valence-corrected chi connectivity index (χ0v) is 22.2. The molecule has 0 bridgehead atoms. The SMILES string of the molecule is CC(O)C(NC(=O)C(CCCCN)NC(=O)C(Cc1ccccc1)NC(=O)C(N)CCCN=C(N)N)C(=O)O. The van der Waals surface area contributed by atoms with Crippen molar-refractivity contribution < 1.29 is 29.4 Å². The van der Waals surface area contributed by atoms with Crippen LogP contribution in [0.4, 0.5) is 0 Å². The van der Waals surface area contributed by atoms with Gasteiger partial charge in [-0.15, -0.1) is 0 Å². The lowest BCUT2D eigenvalue weighted by molar-refractivity contribution is -0.145. The van der Waals surface area contributed by atoms with E-state index in [1.807, 2.05) is 6.07 Å². The Morgan fingerprint density at radius 2 is 1.51 bits per heavy atom. The highest BCUT2D eigenvalue weighted by Crippen LogP contribution is 2.08. The van der Waals surface area contributed by atoms with Crippen LogP contribution >= 0.6 is 0 Å². The van der Waals surface area contributed by atoms with Gasteiger partial charge >= 0.3 is 5.97 Å². The monoisotopic (exact) mass is 550 g/mol. The first kappa shape index (κ1) is 33.3. The van der Waals surface area contributed by atoms with Gasteiger partial charge in [0.1, 0.15) is 12.1 Å². The number of unbranched alkanes of at least 4 members (excludes halogenated alkanes) is 1. The van der Waals surface area contributed by atoms with Crippen molar-refractivity contribution in [1.29, 1.82) is 0 Å². The van der Waals surface area contributed by atoms with Crippen molar-refractivity contribution in [2.24, 2.45) is 27.9 Å². The largest absolute Gasteiger partial charge is 0.480 e. The average Bonchev–Trinajstić information content (AvgIpc) is 2.88. The smallest absolute Gasteiger partial charge is 0.328 e. The Morgan fingerprint density at radius 3 is 2.08 bits per heavy atom. The van der Waals surface area contributed by atoms with Crippen LogP contribution in [0, 0.1) is 0 Å². The number of nitrogens with one attached hydrogen (secondary N) is 3. The molecule has 0 aromatic heterocycles. The van der Waals surface area contributed by atoms with Crippen molar-refractivity contribution in [1.82, 2.24) is 16.0 Å². The molecule has 0 saturated carbocycles. The van der Waals surface area contributed by atoms with Gasteiger partial charge in [0.15, 0.2) is 12.0 Å². The summed E-state index contributed by atoms with van der Waals surface area (Å²) < 4.78 is 0. The molecule has 14 nitrogen and oxygen atoms in total. The molecule has 0 saturated heterocycles. The number of guanidine groups is 1. The number of aliphatic carboxylic acids is 1. The predicted octanol–water partition coefficient (Wildman–Crippen LogP) is -2.34. The molecular weight excluding hydrogens is 508 g/mol. The Morgan fingerprint density at radius 1 is 0.897 bits per heavy atom. The Balaban J connectivity index is 3.05. The molecule has 1 rings (SSSR count). The Kier molecular flexibility index (Phi) is 15.1. The van der Waals surface area contributed by atoms with Crippen LogP contribution in [-0.2, 0) is 25.6 Å². The summed E-state index contributed by atoms with van der Waals surface area (Å²) in [7, 11) is 0. The molecule has 3 amide bonds. The highest BCUT2D eigenvalue weighted by molar-refractivity contribution is 5.94. The summed E-state index contributed by atoms with van der Waals surface area (Å²) in [5.41, 5.74) is 22.9. The molecule has 0 aliphatic carbocycles. The predicted molar refractivity (Wildman–Crippen MR) is 146 cm³/mol. The first-order valence-corrected chi connectivity index (χ1v) is 12.8. The van der Waals surface area contributed by atoms with Gasteiger partial charge in [0.2, 0.25) is 17.7 Å². The maximum Gasteiger partial charge on any atom is 0.328 e. The van der Waals surface area contributed by atoms with Crippen molar-refractivity contribution in [2.45, 2.75) is 75.7 Å². The summed E-state index contributed by atoms with van der Waals surface area (Å²) in [6.07, 6.45) is 0.654. The molecule has 0 heterocycles. The number of nitrogens with zero attached hydrogens (tertiary/aromatic N) is 1. The standard InChI is InChI=1S/C25H42N8O6/c1-15(34)20(24(38)39)33-22(36)18(11-5-6-12-26)31-23(37)19(14-16-8-3-2-4-9-16)32-21(35)17(27)10-7-13-30-25(28)29/h2-4,8-9,15,17-20,34H,5-7,10-14,26-27H2,1H3,(H,31,37)(H,32,35)(H,33,36)(H,38,39)(H4,28,29,30). The van der Waals surface area contributed by atoms with Gasteiger partial charge < -0.3 is 49.1 Å². The molecule has 1 aromatic carbocycles. The molecule has 218 valence electrons. The highest BCUT2D eigenvalue weighted by atomic mass is 16.4. The second-order valence-corrected chi connectivity index (χ2v) is 9.22. The first-order valence-electron chi connectivity index (χ1n) is 12.8. The lowest BCUT2D eigenvalue weighted by atomic mass is 10.0. The molecular formula is C25H42N8O6. The molecule has 0 radical (unpaired) electrons. The molecule has 5 unspecified atom stereocenters. The molecule has 14 heteroatoms. The minimum absolute atomic E-state index is 0.0687. The summed E-state index contributed by atoms with van der Waals surface area (Å²) in [6.45, 7) is 1.88. The maximum atomic E-state index is 13.4. The second kappa shape index (κ2) is 17.7. The number of carbonyl (C=O) groups excluding carboxylic acids is 3. The third kappa shape index (κ3) is 13.0. The van der Waals surface area contributed by atoms with Crippen LogP contribution in [0.25, 0.3) is 0 Å². The van der Waals surface area contributed by atoms with Gasteiger partial charge in [-0.1, -0.05) is 30.3 Å². The minimum atomic E-state index is -1.57. The van der Waals surface area contributed by atoms with E-state index in [9.17, 15) is 29.4 Å². The molecule has 39 heavy (non-hydrogen) atoms. The normalized spacial score (nSPS) is 14.7. The Hall–Kier alpha value is -3.75. The van der Waals surface area contributed by atoms with Crippen LogP contribution in [0.15, 0.2) is 35.3 Å². The highest BCUT2D eigenvalue weighted by Gasteiger charge is 2.31. The fourth-order valence-corrected chi connectivity index (χ4v) is 3.66.